The van der Waals surface area contributed by atoms with Gasteiger partial charge in [0.1, 0.15) is 11.3 Å². The molecule has 0 unspecified atom stereocenters. The van der Waals surface area contributed by atoms with E-state index < -0.39 is 11.7 Å². The number of aromatic nitrogens is 3. The van der Waals surface area contributed by atoms with Crippen LogP contribution in [0.4, 0.5) is 13.2 Å². The summed E-state index contributed by atoms with van der Waals surface area (Å²) in [6.07, 6.45) is 0.245. The first-order valence-corrected chi connectivity index (χ1v) is 5.51. The lowest BCUT2D eigenvalue weighted by Crippen LogP contribution is -2.05. The summed E-state index contributed by atoms with van der Waals surface area (Å²) in [7, 11) is 0. The molecule has 0 saturated heterocycles. The molecule has 0 aliphatic rings. The average molecular weight is 263 g/mol. The van der Waals surface area contributed by atoms with Crippen molar-refractivity contribution in [3.63, 3.8) is 0 Å². The highest BCUT2D eigenvalue weighted by Gasteiger charge is 2.30. The van der Waals surface area contributed by atoms with Gasteiger partial charge in [0.2, 0.25) is 0 Å². The Labute approximate surface area is 106 Å². The fourth-order valence-electron chi connectivity index (χ4n) is 1.80. The van der Waals surface area contributed by atoms with E-state index in [1.807, 2.05) is 0 Å². The summed E-state index contributed by atoms with van der Waals surface area (Å²) in [6.45, 7) is 0. The SMILES string of the molecule is FC(F)(F)c1ccn2cc(-c3ccccn3)nc2c1. The van der Waals surface area contributed by atoms with Crippen molar-refractivity contribution in [3.8, 4) is 11.4 Å². The number of hydrogen-bond donors (Lipinski definition) is 0. The zero-order chi connectivity index (χ0) is 13.5. The number of imidazole rings is 1. The molecule has 19 heavy (non-hydrogen) atoms. The number of hydrogen-bond acceptors (Lipinski definition) is 2. The predicted octanol–water partition coefficient (Wildman–Crippen LogP) is 3.42. The van der Waals surface area contributed by atoms with Gasteiger partial charge in [-0.15, -0.1) is 0 Å². The molecule has 3 rings (SSSR count). The monoisotopic (exact) mass is 263 g/mol. The maximum atomic E-state index is 12.6. The van der Waals surface area contributed by atoms with E-state index in [1.54, 1.807) is 35.0 Å². The smallest absolute Gasteiger partial charge is 0.306 e. The minimum atomic E-state index is -4.36. The molecule has 3 aromatic rings. The van der Waals surface area contributed by atoms with E-state index in [4.69, 9.17) is 0 Å². The molecule has 0 aromatic carbocycles. The summed E-state index contributed by atoms with van der Waals surface area (Å²) >= 11 is 0. The second-order valence-electron chi connectivity index (χ2n) is 4.02. The van der Waals surface area contributed by atoms with Crippen molar-refractivity contribution in [2.45, 2.75) is 6.18 Å². The predicted molar refractivity (Wildman–Crippen MR) is 63.4 cm³/mol. The lowest BCUT2D eigenvalue weighted by molar-refractivity contribution is -0.137. The molecule has 3 aromatic heterocycles. The summed E-state index contributed by atoms with van der Waals surface area (Å²) in [5, 5.41) is 0. The average Bonchev–Trinajstić information content (AvgIpc) is 2.81. The lowest BCUT2D eigenvalue weighted by atomic mass is 10.2. The zero-order valence-corrected chi connectivity index (χ0v) is 9.59. The van der Waals surface area contributed by atoms with Crippen LogP contribution in [0.15, 0.2) is 48.9 Å². The molecule has 96 valence electrons. The third-order valence-corrected chi connectivity index (χ3v) is 2.71. The van der Waals surface area contributed by atoms with E-state index in [0.717, 1.165) is 12.1 Å². The summed E-state index contributed by atoms with van der Waals surface area (Å²) < 4.78 is 39.3. The Balaban J connectivity index is 2.12. The molecule has 3 heterocycles. The van der Waals surface area contributed by atoms with Crippen molar-refractivity contribution >= 4 is 5.65 Å². The maximum absolute atomic E-state index is 12.6. The molecular formula is C13H8F3N3. The van der Waals surface area contributed by atoms with Crippen LogP contribution in [-0.4, -0.2) is 14.4 Å². The Bertz CT molecular complexity index is 717. The molecular weight excluding hydrogens is 255 g/mol. The number of alkyl halides is 3. The quantitative estimate of drug-likeness (QED) is 0.673. The van der Waals surface area contributed by atoms with Crippen LogP contribution in [0.25, 0.3) is 17.0 Å². The van der Waals surface area contributed by atoms with Crippen molar-refractivity contribution < 1.29 is 13.2 Å². The largest absolute Gasteiger partial charge is 0.416 e. The second kappa shape index (κ2) is 4.08. The Kier molecular flexibility index (Phi) is 2.51. The van der Waals surface area contributed by atoms with Gasteiger partial charge in [-0.1, -0.05) is 6.07 Å². The van der Waals surface area contributed by atoms with E-state index in [1.165, 1.54) is 6.20 Å². The Morgan fingerprint density at radius 1 is 1.05 bits per heavy atom. The number of nitrogens with zero attached hydrogens (tertiary/aromatic N) is 3. The van der Waals surface area contributed by atoms with E-state index in [0.29, 0.717) is 11.4 Å². The Hall–Kier alpha value is -2.37. The highest BCUT2D eigenvalue weighted by molar-refractivity contribution is 5.59. The van der Waals surface area contributed by atoms with E-state index in [9.17, 15) is 13.2 Å². The molecule has 0 aliphatic heterocycles. The van der Waals surface area contributed by atoms with Crippen LogP contribution in [0.1, 0.15) is 5.56 Å². The van der Waals surface area contributed by atoms with Gasteiger partial charge >= 0.3 is 6.18 Å². The van der Waals surface area contributed by atoms with Gasteiger partial charge in [-0.2, -0.15) is 13.2 Å². The van der Waals surface area contributed by atoms with Gasteiger partial charge in [0.25, 0.3) is 0 Å². The minimum absolute atomic E-state index is 0.246. The highest BCUT2D eigenvalue weighted by atomic mass is 19.4. The van der Waals surface area contributed by atoms with Crippen LogP contribution < -0.4 is 0 Å². The topological polar surface area (TPSA) is 30.2 Å². The highest BCUT2D eigenvalue weighted by Crippen LogP contribution is 2.30. The van der Waals surface area contributed by atoms with Crippen LogP contribution in [0.3, 0.4) is 0 Å². The number of fused-ring (bicyclic) bond motifs is 1. The number of pyridine rings is 2. The molecule has 0 amide bonds. The van der Waals surface area contributed by atoms with Gasteiger partial charge in [0.15, 0.2) is 0 Å². The minimum Gasteiger partial charge on any atom is -0.306 e. The van der Waals surface area contributed by atoms with Gasteiger partial charge < -0.3 is 4.40 Å². The second-order valence-corrected chi connectivity index (χ2v) is 4.02. The van der Waals surface area contributed by atoms with Crippen molar-refractivity contribution in [3.05, 3.63) is 54.5 Å². The summed E-state index contributed by atoms with van der Waals surface area (Å²) in [4.78, 5) is 8.27. The van der Waals surface area contributed by atoms with Gasteiger partial charge in [-0.25, -0.2) is 4.98 Å². The van der Waals surface area contributed by atoms with E-state index in [-0.39, 0.29) is 5.65 Å². The molecule has 3 nitrogen and oxygen atoms in total. The molecule has 0 saturated carbocycles. The summed E-state index contributed by atoms with van der Waals surface area (Å²) in [5.74, 6) is 0. The molecule has 0 atom stereocenters. The van der Waals surface area contributed by atoms with E-state index in [2.05, 4.69) is 9.97 Å². The van der Waals surface area contributed by atoms with Crippen LogP contribution >= 0.6 is 0 Å². The van der Waals surface area contributed by atoms with Crippen LogP contribution in [0.5, 0.6) is 0 Å². The summed E-state index contributed by atoms with van der Waals surface area (Å²) in [6, 6.07) is 7.37. The fourth-order valence-corrected chi connectivity index (χ4v) is 1.80. The molecule has 0 N–H and O–H groups in total. The van der Waals surface area contributed by atoms with Gasteiger partial charge in [0, 0.05) is 18.6 Å². The fraction of sp³-hybridized carbons (Fsp3) is 0.0769. The first-order valence-electron chi connectivity index (χ1n) is 5.51. The molecule has 6 heteroatoms. The standard InChI is InChI=1S/C13H8F3N3/c14-13(15,16)9-4-6-19-8-11(18-12(19)7-9)10-3-1-2-5-17-10/h1-8H. The van der Waals surface area contributed by atoms with Gasteiger partial charge in [-0.3, -0.25) is 4.98 Å². The molecule has 0 spiro atoms. The number of halogens is 3. The van der Waals surface area contributed by atoms with Gasteiger partial charge in [0.05, 0.1) is 11.3 Å². The number of rotatable bonds is 1. The third-order valence-electron chi connectivity index (χ3n) is 2.71. The van der Waals surface area contributed by atoms with Crippen molar-refractivity contribution in [1.29, 1.82) is 0 Å². The lowest BCUT2D eigenvalue weighted by Gasteiger charge is -2.05. The van der Waals surface area contributed by atoms with Crippen molar-refractivity contribution in [1.82, 2.24) is 14.4 Å². The maximum Gasteiger partial charge on any atom is 0.416 e. The Morgan fingerprint density at radius 2 is 1.89 bits per heavy atom. The molecule has 0 bridgehead atoms. The van der Waals surface area contributed by atoms with Gasteiger partial charge in [-0.05, 0) is 24.3 Å². The first-order chi connectivity index (χ1) is 9.04. The van der Waals surface area contributed by atoms with Crippen molar-refractivity contribution in [2.75, 3.05) is 0 Å². The van der Waals surface area contributed by atoms with Crippen LogP contribution in [-0.2, 0) is 6.18 Å². The molecule has 0 radical (unpaired) electrons. The van der Waals surface area contributed by atoms with E-state index >= 15 is 0 Å². The summed E-state index contributed by atoms with van der Waals surface area (Å²) in [5.41, 5.74) is 0.702. The molecule has 0 aliphatic carbocycles. The molecule has 0 fully saturated rings. The first kappa shape index (κ1) is 11.7. The Morgan fingerprint density at radius 3 is 2.58 bits per heavy atom. The normalized spacial score (nSPS) is 11.9. The van der Waals surface area contributed by atoms with Crippen LogP contribution in [0, 0.1) is 0 Å². The zero-order valence-electron chi connectivity index (χ0n) is 9.59. The third kappa shape index (κ3) is 2.16. The van der Waals surface area contributed by atoms with Crippen LogP contribution in [0.2, 0.25) is 0 Å². The van der Waals surface area contributed by atoms with Crippen molar-refractivity contribution in [2.24, 2.45) is 0 Å².